The molecule has 1 N–H and O–H groups in total. The third kappa shape index (κ3) is 4.16. The summed E-state index contributed by atoms with van der Waals surface area (Å²) < 4.78 is 5.47. The van der Waals surface area contributed by atoms with Gasteiger partial charge in [0.1, 0.15) is 5.82 Å². The lowest BCUT2D eigenvalue weighted by Crippen LogP contribution is -2.37. The lowest BCUT2D eigenvalue weighted by molar-refractivity contribution is 0.0940. The first-order valence-corrected chi connectivity index (χ1v) is 9.91. The third-order valence-corrected chi connectivity index (χ3v) is 5.25. The van der Waals surface area contributed by atoms with E-state index < -0.39 is 0 Å². The minimum absolute atomic E-state index is 0.101. The van der Waals surface area contributed by atoms with Gasteiger partial charge in [0.05, 0.1) is 18.6 Å². The number of anilines is 1. The van der Waals surface area contributed by atoms with Crippen molar-refractivity contribution in [1.82, 2.24) is 20.3 Å². The molecular weight excluding hydrogens is 390 g/mol. The molecule has 0 bridgehead atoms. The van der Waals surface area contributed by atoms with E-state index in [1.54, 1.807) is 6.07 Å². The molecule has 0 unspecified atom stereocenters. The van der Waals surface area contributed by atoms with E-state index in [4.69, 9.17) is 16.3 Å². The van der Waals surface area contributed by atoms with Crippen LogP contribution in [-0.2, 0) is 11.3 Å². The number of nitrogens with one attached hydrogen (secondary N) is 1. The molecule has 3 heterocycles. The van der Waals surface area contributed by atoms with E-state index in [0.717, 1.165) is 28.0 Å². The van der Waals surface area contributed by atoms with Crippen molar-refractivity contribution >= 4 is 34.4 Å². The topological polar surface area (TPSA) is 80.2 Å². The number of carbonyl (C=O) groups is 1. The number of pyridine rings is 1. The van der Waals surface area contributed by atoms with E-state index in [1.165, 1.54) is 0 Å². The molecule has 0 atom stereocenters. The molecule has 1 amide bonds. The van der Waals surface area contributed by atoms with Gasteiger partial charge in [-0.1, -0.05) is 29.8 Å². The van der Waals surface area contributed by atoms with Crippen molar-refractivity contribution in [1.29, 1.82) is 0 Å². The van der Waals surface area contributed by atoms with Crippen molar-refractivity contribution in [3.05, 3.63) is 58.0 Å². The third-order valence-electron chi connectivity index (χ3n) is 4.88. The van der Waals surface area contributed by atoms with E-state index in [0.29, 0.717) is 43.5 Å². The molecule has 0 spiro atoms. The first-order chi connectivity index (χ1) is 14.0. The maximum absolute atomic E-state index is 12.8. The molecule has 29 heavy (non-hydrogen) atoms. The zero-order valence-corrected chi connectivity index (χ0v) is 17.2. The first kappa shape index (κ1) is 19.5. The van der Waals surface area contributed by atoms with Crippen LogP contribution in [0.4, 0.5) is 5.82 Å². The molecular formula is C21H22ClN5O2. The number of carbonyl (C=O) groups excluding carboxylic acids is 1. The summed E-state index contributed by atoms with van der Waals surface area (Å²) in [4.78, 5) is 28.6. The number of nitrogens with zero attached hydrogens (tertiary/aromatic N) is 4. The number of benzene rings is 1. The Balaban J connectivity index is 1.70. The Morgan fingerprint density at radius 2 is 1.93 bits per heavy atom. The van der Waals surface area contributed by atoms with Gasteiger partial charge in [0.2, 0.25) is 5.82 Å². The Labute approximate surface area is 174 Å². The van der Waals surface area contributed by atoms with Crippen molar-refractivity contribution in [2.24, 2.45) is 0 Å². The number of hydrogen-bond acceptors (Lipinski definition) is 6. The number of hydrogen-bond donors (Lipinski definition) is 1. The minimum Gasteiger partial charge on any atom is -0.378 e. The number of aromatic nitrogens is 3. The molecule has 0 aliphatic carbocycles. The minimum atomic E-state index is -0.359. The maximum atomic E-state index is 12.8. The number of aryl methyl sites for hydroxylation is 2. The smallest absolute Gasteiger partial charge is 0.289 e. The molecule has 150 valence electrons. The molecule has 0 radical (unpaired) electrons. The van der Waals surface area contributed by atoms with E-state index in [2.05, 4.69) is 25.2 Å². The van der Waals surface area contributed by atoms with Gasteiger partial charge in [-0.3, -0.25) is 4.79 Å². The normalized spacial score (nSPS) is 14.2. The van der Waals surface area contributed by atoms with E-state index in [-0.39, 0.29) is 11.7 Å². The molecule has 1 saturated heterocycles. The van der Waals surface area contributed by atoms with Crippen LogP contribution in [-0.4, -0.2) is 47.2 Å². The van der Waals surface area contributed by atoms with Crippen molar-refractivity contribution < 1.29 is 9.53 Å². The highest BCUT2D eigenvalue weighted by Gasteiger charge is 2.22. The van der Waals surface area contributed by atoms with Gasteiger partial charge in [-0.25, -0.2) is 15.0 Å². The highest BCUT2D eigenvalue weighted by molar-refractivity contribution is 6.31. The van der Waals surface area contributed by atoms with Crippen molar-refractivity contribution in [3.8, 4) is 0 Å². The summed E-state index contributed by atoms with van der Waals surface area (Å²) in [6, 6.07) is 9.41. The molecule has 1 aromatic carbocycles. The fourth-order valence-electron chi connectivity index (χ4n) is 3.46. The van der Waals surface area contributed by atoms with Crippen LogP contribution >= 0.6 is 11.6 Å². The maximum Gasteiger partial charge on any atom is 0.289 e. The van der Waals surface area contributed by atoms with Crippen molar-refractivity contribution in [3.63, 3.8) is 0 Å². The van der Waals surface area contributed by atoms with Gasteiger partial charge in [-0.15, -0.1) is 0 Å². The highest BCUT2D eigenvalue weighted by atomic mass is 35.5. The summed E-state index contributed by atoms with van der Waals surface area (Å²) >= 11 is 6.18. The summed E-state index contributed by atoms with van der Waals surface area (Å²) in [5.74, 6) is 0.469. The Kier molecular flexibility index (Phi) is 5.60. The predicted octanol–water partition coefficient (Wildman–Crippen LogP) is 3.06. The molecule has 7 nitrogen and oxygen atoms in total. The first-order valence-electron chi connectivity index (χ1n) is 9.53. The molecule has 1 aliphatic rings. The van der Waals surface area contributed by atoms with Gasteiger partial charge in [0.25, 0.3) is 5.91 Å². The van der Waals surface area contributed by atoms with Gasteiger partial charge < -0.3 is 15.0 Å². The lowest BCUT2D eigenvalue weighted by Gasteiger charge is -2.29. The second-order valence-corrected chi connectivity index (χ2v) is 7.43. The standard InChI is InChI=1S/C21H22ClN5O2/c1-13-11-14(2)24-18-17(13)20(27-7-9-29-10-8-27)26-19(25-18)21(28)23-12-15-5-3-4-6-16(15)22/h3-6,11H,7-10,12H2,1-2H3,(H,23,28). The van der Waals surface area contributed by atoms with Crippen LogP contribution < -0.4 is 10.2 Å². The number of ether oxygens (including phenoxy) is 1. The largest absolute Gasteiger partial charge is 0.378 e. The molecule has 0 saturated carbocycles. The van der Waals surface area contributed by atoms with Crippen LogP contribution in [0.5, 0.6) is 0 Å². The molecule has 1 fully saturated rings. The number of morpholine rings is 1. The van der Waals surface area contributed by atoms with Crippen LogP contribution in [0.15, 0.2) is 30.3 Å². The Hall–Kier alpha value is -2.77. The molecule has 2 aromatic heterocycles. The predicted molar refractivity (Wildman–Crippen MR) is 112 cm³/mol. The van der Waals surface area contributed by atoms with Crippen LogP contribution in [0, 0.1) is 13.8 Å². The second kappa shape index (κ2) is 8.31. The van der Waals surface area contributed by atoms with Gasteiger partial charge in [0.15, 0.2) is 5.65 Å². The van der Waals surface area contributed by atoms with Crippen LogP contribution in [0.3, 0.4) is 0 Å². The van der Waals surface area contributed by atoms with Crippen molar-refractivity contribution in [2.75, 3.05) is 31.2 Å². The Bertz CT molecular complexity index is 1070. The summed E-state index contributed by atoms with van der Waals surface area (Å²) in [7, 11) is 0. The van der Waals surface area contributed by atoms with E-state index in [9.17, 15) is 4.79 Å². The lowest BCUT2D eigenvalue weighted by atomic mass is 10.1. The van der Waals surface area contributed by atoms with Crippen LogP contribution in [0.2, 0.25) is 5.02 Å². The average molecular weight is 412 g/mol. The highest BCUT2D eigenvalue weighted by Crippen LogP contribution is 2.27. The average Bonchev–Trinajstić information content (AvgIpc) is 2.72. The van der Waals surface area contributed by atoms with Crippen LogP contribution in [0.1, 0.15) is 27.4 Å². The number of amides is 1. The summed E-state index contributed by atoms with van der Waals surface area (Å²) in [5.41, 5.74) is 3.25. The molecule has 8 heteroatoms. The molecule has 4 rings (SSSR count). The summed E-state index contributed by atoms with van der Waals surface area (Å²) in [6.45, 7) is 6.89. The Morgan fingerprint density at radius 3 is 2.69 bits per heavy atom. The van der Waals surface area contributed by atoms with Gasteiger partial charge >= 0.3 is 0 Å². The summed E-state index contributed by atoms with van der Waals surface area (Å²) in [6.07, 6.45) is 0. The summed E-state index contributed by atoms with van der Waals surface area (Å²) in [5, 5.41) is 4.34. The van der Waals surface area contributed by atoms with E-state index in [1.807, 2.05) is 38.1 Å². The SMILES string of the molecule is Cc1cc(C)c2c(N3CCOCC3)nc(C(=O)NCc3ccccc3Cl)nc2n1. The Morgan fingerprint density at radius 1 is 1.17 bits per heavy atom. The monoisotopic (exact) mass is 411 g/mol. The van der Waals surface area contributed by atoms with Gasteiger partial charge in [-0.05, 0) is 37.1 Å². The number of halogens is 1. The fourth-order valence-corrected chi connectivity index (χ4v) is 3.66. The molecule has 3 aromatic rings. The second-order valence-electron chi connectivity index (χ2n) is 7.02. The fraction of sp³-hybridized carbons (Fsp3) is 0.333. The van der Waals surface area contributed by atoms with Gasteiger partial charge in [-0.2, -0.15) is 0 Å². The van der Waals surface area contributed by atoms with Gasteiger partial charge in [0, 0.05) is 30.4 Å². The zero-order chi connectivity index (χ0) is 20.4. The number of fused-ring (bicyclic) bond motifs is 1. The molecule has 1 aliphatic heterocycles. The quantitative estimate of drug-likeness (QED) is 0.710. The van der Waals surface area contributed by atoms with E-state index >= 15 is 0 Å². The van der Waals surface area contributed by atoms with Crippen molar-refractivity contribution in [2.45, 2.75) is 20.4 Å². The van der Waals surface area contributed by atoms with Crippen LogP contribution in [0.25, 0.3) is 11.0 Å². The zero-order valence-electron chi connectivity index (χ0n) is 16.4. The number of rotatable bonds is 4.